The van der Waals surface area contributed by atoms with Gasteiger partial charge in [0.15, 0.2) is 0 Å². The topological polar surface area (TPSA) is 104 Å². The van der Waals surface area contributed by atoms with Crippen LogP contribution in [0.2, 0.25) is 0 Å². The van der Waals surface area contributed by atoms with Crippen LogP contribution in [-0.4, -0.2) is 32.6 Å². The first kappa shape index (κ1) is 18.8. The van der Waals surface area contributed by atoms with Gasteiger partial charge in [0.2, 0.25) is 5.91 Å². The molecule has 0 saturated carbocycles. The predicted molar refractivity (Wildman–Crippen MR) is 108 cm³/mol. The van der Waals surface area contributed by atoms with Crippen LogP contribution in [0.5, 0.6) is 5.75 Å². The van der Waals surface area contributed by atoms with Crippen LogP contribution in [0.15, 0.2) is 58.1 Å². The average molecular weight is 385 g/mol. The van der Waals surface area contributed by atoms with Crippen molar-refractivity contribution >= 4 is 34.3 Å². The highest BCUT2D eigenvalue weighted by Gasteiger charge is 2.24. The molecule has 1 heterocycles. The number of rotatable bonds is 6. The Morgan fingerprint density at radius 3 is 2.59 bits per heavy atom. The number of aromatic hydroxyl groups is 1. The van der Waals surface area contributed by atoms with Crippen LogP contribution >= 0.6 is 11.8 Å². The SMILES string of the molecule is CSCCC(C(=O)Nc1ccc(O)cc1)n1c(=O)[nH]c2ccccc2c1=O. The summed E-state index contributed by atoms with van der Waals surface area (Å²) in [6.07, 6.45) is 2.22. The fourth-order valence-corrected chi connectivity index (χ4v) is 3.30. The lowest BCUT2D eigenvalue weighted by atomic mass is 10.1. The Bertz CT molecular complexity index is 1070. The van der Waals surface area contributed by atoms with Crippen LogP contribution < -0.4 is 16.6 Å². The molecule has 0 bridgehead atoms. The van der Waals surface area contributed by atoms with Crippen molar-refractivity contribution in [1.82, 2.24) is 9.55 Å². The van der Waals surface area contributed by atoms with Gasteiger partial charge in [-0.3, -0.25) is 9.59 Å². The molecule has 27 heavy (non-hydrogen) atoms. The van der Waals surface area contributed by atoms with Crippen molar-refractivity contribution in [2.24, 2.45) is 0 Å². The van der Waals surface area contributed by atoms with E-state index in [9.17, 15) is 19.5 Å². The molecule has 1 atom stereocenters. The van der Waals surface area contributed by atoms with Gasteiger partial charge in [-0.2, -0.15) is 11.8 Å². The van der Waals surface area contributed by atoms with E-state index in [0.717, 1.165) is 4.57 Å². The van der Waals surface area contributed by atoms with Gasteiger partial charge in [0.1, 0.15) is 11.8 Å². The summed E-state index contributed by atoms with van der Waals surface area (Å²) in [5.41, 5.74) is -0.213. The number of fused-ring (bicyclic) bond motifs is 1. The Balaban J connectivity index is 2.03. The zero-order valence-electron chi connectivity index (χ0n) is 14.6. The lowest BCUT2D eigenvalue weighted by molar-refractivity contribution is -0.119. The van der Waals surface area contributed by atoms with Crippen molar-refractivity contribution in [2.75, 3.05) is 17.3 Å². The molecule has 1 aromatic heterocycles. The minimum Gasteiger partial charge on any atom is -0.508 e. The molecule has 0 spiro atoms. The second-order valence-electron chi connectivity index (χ2n) is 5.98. The van der Waals surface area contributed by atoms with E-state index >= 15 is 0 Å². The van der Waals surface area contributed by atoms with Crippen molar-refractivity contribution < 1.29 is 9.90 Å². The minimum atomic E-state index is -0.952. The second-order valence-corrected chi connectivity index (χ2v) is 6.97. The number of para-hydroxylation sites is 1. The molecule has 1 amide bonds. The third-order valence-corrected chi connectivity index (χ3v) is 4.83. The highest BCUT2D eigenvalue weighted by atomic mass is 32.2. The molecule has 3 N–H and O–H groups in total. The van der Waals surface area contributed by atoms with Crippen LogP contribution in [0.25, 0.3) is 10.9 Å². The lowest BCUT2D eigenvalue weighted by Crippen LogP contribution is -2.42. The maximum atomic E-state index is 12.9. The number of amides is 1. The lowest BCUT2D eigenvalue weighted by Gasteiger charge is -2.19. The van der Waals surface area contributed by atoms with E-state index in [4.69, 9.17) is 0 Å². The maximum Gasteiger partial charge on any atom is 0.329 e. The summed E-state index contributed by atoms with van der Waals surface area (Å²) in [6.45, 7) is 0. The van der Waals surface area contributed by atoms with E-state index in [1.807, 2.05) is 6.26 Å². The number of phenols is 1. The quantitative estimate of drug-likeness (QED) is 0.565. The summed E-state index contributed by atoms with van der Waals surface area (Å²) in [6, 6.07) is 11.7. The van der Waals surface area contributed by atoms with Crippen LogP contribution in [0.4, 0.5) is 5.69 Å². The Morgan fingerprint density at radius 2 is 1.89 bits per heavy atom. The van der Waals surface area contributed by atoms with Gasteiger partial charge in [0.05, 0.1) is 10.9 Å². The number of hydrogen-bond acceptors (Lipinski definition) is 5. The number of nitrogens with one attached hydrogen (secondary N) is 2. The zero-order valence-corrected chi connectivity index (χ0v) is 15.5. The first-order valence-corrected chi connectivity index (χ1v) is 9.73. The first-order chi connectivity index (χ1) is 13.0. The number of anilines is 1. The highest BCUT2D eigenvalue weighted by Crippen LogP contribution is 2.18. The maximum absolute atomic E-state index is 12.9. The summed E-state index contributed by atoms with van der Waals surface area (Å²) in [5.74, 6) is 0.221. The first-order valence-electron chi connectivity index (χ1n) is 8.33. The number of aromatic nitrogens is 2. The van der Waals surface area contributed by atoms with Crippen molar-refractivity contribution in [3.63, 3.8) is 0 Å². The number of phenolic OH excluding ortho intramolecular Hbond substituents is 1. The molecule has 140 valence electrons. The van der Waals surface area contributed by atoms with Crippen LogP contribution in [0, 0.1) is 0 Å². The summed E-state index contributed by atoms with van der Waals surface area (Å²) in [5, 5.41) is 12.4. The van der Waals surface area contributed by atoms with Crippen molar-refractivity contribution in [1.29, 1.82) is 0 Å². The summed E-state index contributed by atoms with van der Waals surface area (Å²) in [7, 11) is 0. The number of carbonyl (C=O) groups excluding carboxylic acids is 1. The van der Waals surface area contributed by atoms with E-state index in [0.29, 0.717) is 28.8 Å². The number of carbonyl (C=O) groups is 1. The molecular formula is C19H19N3O4S. The number of thioether (sulfide) groups is 1. The van der Waals surface area contributed by atoms with E-state index < -0.39 is 23.2 Å². The molecular weight excluding hydrogens is 366 g/mol. The molecule has 0 aliphatic heterocycles. The third kappa shape index (κ3) is 4.06. The van der Waals surface area contributed by atoms with Crippen molar-refractivity contribution in [3.05, 3.63) is 69.4 Å². The molecule has 1 unspecified atom stereocenters. The summed E-state index contributed by atoms with van der Waals surface area (Å²) in [4.78, 5) is 40.9. The molecule has 0 aliphatic carbocycles. The number of nitrogens with zero attached hydrogens (tertiary/aromatic N) is 1. The molecule has 3 aromatic rings. The molecule has 8 heteroatoms. The normalized spacial score (nSPS) is 12.0. The van der Waals surface area contributed by atoms with Crippen molar-refractivity contribution in [2.45, 2.75) is 12.5 Å². The number of benzene rings is 2. The van der Waals surface area contributed by atoms with E-state index in [1.54, 1.807) is 36.4 Å². The Hall–Kier alpha value is -3.00. The van der Waals surface area contributed by atoms with E-state index in [2.05, 4.69) is 10.3 Å². The van der Waals surface area contributed by atoms with Gasteiger partial charge in [-0.1, -0.05) is 12.1 Å². The highest BCUT2D eigenvalue weighted by molar-refractivity contribution is 7.98. The Kier molecular flexibility index (Phi) is 5.66. The Morgan fingerprint density at radius 1 is 1.19 bits per heavy atom. The molecule has 3 rings (SSSR count). The fraction of sp³-hybridized carbons (Fsp3) is 0.211. The van der Waals surface area contributed by atoms with Crippen LogP contribution in [0.3, 0.4) is 0 Å². The summed E-state index contributed by atoms with van der Waals surface area (Å²) >= 11 is 1.52. The van der Waals surface area contributed by atoms with E-state index in [1.165, 1.54) is 23.9 Å². The number of hydrogen-bond donors (Lipinski definition) is 3. The van der Waals surface area contributed by atoms with Gasteiger partial charge < -0.3 is 15.4 Å². The van der Waals surface area contributed by atoms with Gasteiger partial charge in [0.25, 0.3) is 5.56 Å². The van der Waals surface area contributed by atoms with Gasteiger partial charge in [-0.25, -0.2) is 9.36 Å². The number of aromatic amines is 1. The van der Waals surface area contributed by atoms with Gasteiger partial charge in [0, 0.05) is 5.69 Å². The van der Waals surface area contributed by atoms with Gasteiger partial charge in [-0.15, -0.1) is 0 Å². The molecule has 0 fully saturated rings. The fourth-order valence-electron chi connectivity index (χ4n) is 2.84. The predicted octanol–water partition coefficient (Wildman–Crippen LogP) is 2.33. The van der Waals surface area contributed by atoms with Crippen LogP contribution in [-0.2, 0) is 4.79 Å². The monoisotopic (exact) mass is 385 g/mol. The van der Waals surface area contributed by atoms with E-state index in [-0.39, 0.29) is 5.75 Å². The smallest absolute Gasteiger partial charge is 0.329 e. The largest absolute Gasteiger partial charge is 0.508 e. The minimum absolute atomic E-state index is 0.0779. The summed E-state index contributed by atoms with van der Waals surface area (Å²) < 4.78 is 0.980. The van der Waals surface area contributed by atoms with Gasteiger partial charge in [-0.05, 0) is 54.8 Å². The van der Waals surface area contributed by atoms with Crippen LogP contribution in [0.1, 0.15) is 12.5 Å². The second kappa shape index (κ2) is 8.13. The Labute approximate surface area is 159 Å². The zero-order chi connectivity index (χ0) is 19.4. The molecule has 7 nitrogen and oxygen atoms in total. The molecule has 0 radical (unpaired) electrons. The molecule has 0 saturated heterocycles. The van der Waals surface area contributed by atoms with Crippen molar-refractivity contribution in [3.8, 4) is 5.75 Å². The standard InChI is InChI=1S/C19H19N3O4S/c1-27-11-10-16(17(24)20-12-6-8-13(23)9-7-12)22-18(25)14-4-2-3-5-15(14)21-19(22)26/h2-9,16,23H,10-11H2,1H3,(H,20,24)(H,21,26). The molecule has 2 aromatic carbocycles. The number of H-pyrrole nitrogens is 1. The molecule has 0 aliphatic rings. The average Bonchev–Trinajstić information content (AvgIpc) is 2.66. The van der Waals surface area contributed by atoms with Gasteiger partial charge >= 0.3 is 5.69 Å². The third-order valence-electron chi connectivity index (χ3n) is 4.18.